The predicted molar refractivity (Wildman–Crippen MR) is 520 cm³/mol. The summed E-state index contributed by atoms with van der Waals surface area (Å²) in [6.45, 7) is 0. The second-order valence-electron chi connectivity index (χ2n) is 32.0. The summed E-state index contributed by atoms with van der Waals surface area (Å²) >= 11 is 0. The lowest BCUT2D eigenvalue weighted by atomic mass is 9.97. The molecule has 6 nitrogen and oxygen atoms in total. The fourth-order valence-corrected chi connectivity index (χ4v) is 18.6. The first kappa shape index (κ1) is 72.7. The van der Waals surface area contributed by atoms with Crippen molar-refractivity contribution < 1.29 is 0 Å². The van der Waals surface area contributed by atoms with Crippen LogP contribution in [0.3, 0.4) is 0 Å². The molecule has 24 rings (SSSR count). The Kier molecular flexibility index (Phi) is 18.2. The van der Waals surface area contributed by atoms with Crippen LogP contribution >= 0.6 is 0 Å². The number of benzene rings is 18. The molecule has 24 aromatic rings. The summed E-state index contributed by atoms with van der Waals surface area (Å²) in [6, 6.07) is 170. The van der Waals surface area contributed by atoms with Gasteiger partial charge in [0.05, 0.1) is 66.9 Å². The van der Waals surface area contributed by atoms with Gasteiger partial charge in [-0.1, -0.05) is 340 Å². The third-order valence-electron chi connectivity index (χ3n) is 24.7. The Morgan fingerprint density at radius 2 is 0.315 bits per heavy atom. The Morgan fingerprint density at radius 1 is 0.113 bits per heavy atom. The van der Waals surface area contributed by atoms with E-state index in [1.165, 1.54) is 143 Å². The van der Waals surface area contributed by atoms with Crippen molar-refractivity contribution in [2.24, 2.45) is 0 Å². The fourth-order valence-electron chi connectivity index (χ4n) is 18.6. The van der Waals surface area contributed by atoms with E-state index in [9.17, 15) is 0 Å². The summed E-state index contributed by atoms with van der Waals surface area (Å²) < 4.78 is 9.57. The van der Waals surface area contributed by atoms with Gasteiger partial charge < -0.3 is 18.3 Å². The van der Waals surface area contributed by atoms with E-state index >= 15 is 0 Å². The summed E-state index contributed by atoms with van der Waals surface area (Å²) in [7, 11) is 0. The van der Waals surface area contributed by atoms with E-state index in [4.69, 9.17) is 9.97 Å². The third kappa shape index (κ3) is 13.2. The molecule has 0 fully saturated rings. The number of fused-ring (bicyclic) bond motifs is 12. The molecule has 0 saturated heterocycles. The molecule has 0 amide bonds. The van der Waals surface area contributed by atoms with Crippen molar-refractivity contribution in [3.05, 3.63) is 473 Å². The number of para-hydroxylation sites is 6. The minimum absolute atomic E-state index is 0.955. The van der Waals surface area contributed by atoms with Gasteiger partial charge in [0.1, 0.15) is 0 Å². The van der Waals surface area contributed by atoms with Crippen molar-refractivity contribution in [2.75, 3.05) is 0 Å². The molecular formula is C118H78N6. The molecule has 0 saturated carbocycles. The van der Waals surface area contributed by atoms with Crippen LogP contribution in [0, 0.1) is 0 Å². The minimum Gasteiger partial charge on any atom is -0.309 e. The van der Waals surface area contributed by atoms with Gasteiger partial charge in [-0.2, -0.15) is 0 Å². The standard InChI is InChI=1S/2C59H39N3/c1-4-14-43(15-5-1)54-37-47(38-55(60-54)44-16-6-2-7-17-44)42-26-24-40(25-27-42)41-28-32-49(33-29-41)62-56-22-12-10-20-50(56)52-34-30-46(39-59(52)62)45-31-35-58-53(36-45)51-21-11-13-23-57(51)61(58)48-18-8-3-9-19-48;1-4-14-40(15-5-1)47-37-54(43-16-6-2-7-17-43)60-55(38-47)44-26-24-41(25-27-44)42-28-32-49(33-29-42)62-56-22-12-10-20-50(56)52-34-30-46(39-59(52)62)45-31-35-58-53(36-45)51-21-11-13-23-57(51)61(58)48-18-8-3-9-19-48/h2*1-39H. The molecule has 0 atom stereocenters. The average Bonchev–Trinajstić information content (AvgIpc) is 1.59. The first-order valence-corrected chi connectivity index (χ1v) is 42.4. The van der Waals surface area contributed by atoms with Crippen LogP contribution < -0.4 is 0 Å². The zero-order chi connectivity index (χ0) is 82.0. The first-order chi connectivity index (χ1) is 61.5. The van der Waals surface area contributed by atoms with Crippen molar-refractivity contribution in [3.8, 4) is 135 Å². The van der Waals surface area contributed by atoms with Gasteiger partial charge in [0, 0.05) is 88.1 Å². The first-order valence-electron chi connectivity index (χ1n) is 42.4. The highest BCUT2D eigenvalue weighted by Crippen LogP contribution is 2.44. The summed E-state index contributed by atoms with van der Waals surface area (Å²) in [5, 5.41) is 9.99. The number of nitrogens with zero attached hydrogens (tertiary/aromatic N) is 6. The highest BCUT2D eigenvalue weighted by Gasteiger charge is 2.21. The molecule has 18 aromatic carbocycles. The average molecular weight is 1580 g/mol. The van der Waals surface area contributed by atoms with E-state index in [0.29, 0.717) is 0 Å². The molecule has 0 spiro atoms. The quantitative estimate of drug-likeness (QED) is 0.109. The maximum atomic E-state index is 5.15. The topological polar surface area (TPSA) is 45.5 Å². The Labute approximate surface area is 718 Å². The lowest BCUT2D eigenvalue weighted by Gasteiger charge is -2.12. The molecule has 580 valence electrons. The summed E-state index contributed by atoms with van der Waals surface area (Å²) in [4.78, 5) is 10.2. The van der Waals surface area contributed by atoms with Crippen LogP contribution in [0.2, 0.25) is 0 Å². The molecule has 0 bridgehead atoms. The van der Waals surface area contributed by atoms with Crippen LogP contribution in [0.4, 0.5) is 0 Å². The highest BCUT2D eigenvalue weighted by atomic mass is 15.0. The smallest absolute Gasteiger partial charge is 0.0715 e. The zero-order valence-corrected chi connectivity index (χ0v) is 67.7. The van der Waals surface area contributed by atoms with Crippen LogP contribution in [0.5, 0.6) is 0 Å². The number of aromatic nitrogens is 6. The fraction of sp³-hybridized carbons (Fsp3) is 0. The lowest BCUT2D eigenvalue weighted by Crippen LogP contribution is -1.94. The van der Waals surface area contributed by atoms with Crippen molar-refractivity contribution in [3.63, 3.8) is 0 Å². The van der Waals surface area contributed by atoms with Crippen LogP contribution in [0.1, 0.15) is 0 Å². The molecule has 6 heterocycles. The largest absolute Gasteiger partial charge is 0.309 e. The van der Waals surface area contributed by atoms with Crippen LogP contribution in [0.15, 0.2) is 473 Å². The maximum absolute atomic E-state index is 5.15. The van der Waals surface area contributed by atoms with Gasteiger partial charge in [-0.15, -0.1) is 0 Å². The minimum atomic E-state index is 0.955. The molecule has 0 aliphatic heterocycles. The van der Waals surface area contributed by atoms with Crippen molar-refractivity contribution in [1.82, 2.24) is 28.2 Å². The van der Waals surface area contributed by atoms with Crippen LogP contribution in [-0.2, 0) is 0 Å². The predicted octanol–water partition coefficient (Wildman–Crippen LogP) is 31.2. The Bertz CT molecular complexity index is 7530. The number of pyridine rings is 2. The summed E-state index contributed by atoms with van der Waals surface area (Å²) in [6.07, 6.45) is 0. The van der Waals surface area contributed by atoms with Gasteiger partial charge in [-0.25, -0.2) is 9.97 Å². The summed E-state index contributed by atoms with van der Waals surface area (Å²) in [5.74, 6) is 0. The van der Waals surface area contributed by atoms with Crippen LogP contribution in [0.25, 0.3) is 222 Å². The van der Waals surface area contributed by atoms with Gasteiger partial charge in [0.15, 0.2) is 0 Å². The normalized spacial score (nSPS) is 11.5. The number of hydrogen-bond acceptors (Lipinski definition) is 2. The zero-order valence-electron chi connectivity index (χ0n) is 67.7. The maximum Gasteiger partial charge on any atom is 0.0715 e. The van der Waals surface area contributed by atoms with Crippen molar-refractivity contribution in [2.45, 2.75) is 0 Å². The summed E-state index contributed by atoms with van der Waals surface area (Å²) in [5.41, 5.74) is 36.5. The van der Waals surface area contributed by atoms with E-state index in [0.717, 1.165) is 78.7 Å². The molecule has 0 radical (unpaired) electrons. The molecule has 6 aromatic heterocycles. The molecule has 0 aliphatic rings. The Hall–Kier alpha value is -16.5. The molecule has 0 unspecified atom stereocenters. The van der Waals surface area contributed by atoms with Gasteiger partial charge in [0.25, 0.3) is 0 Å². The molecule has 6 heteroatoms. The second-order valence-corrected chi connectivity index (χ2v) is 32.0. The monoisotopic (exact) mass is 1580 g/mol. The van der Waals surface area contributed by atoms with Gasteiger partial charge >= 0.3 is 0 Å². The van der Waals surface area contributed by atoms with E-state index in [2.05, 4.69) is 473 Å². The van der Waals surface area contributed by atoms with E-state index in [1.54, 1.807) is 0 Å². The lowest BCUT2D eigenvalue weighted by molar-refractivity contribution is 1.18. The second kappa shape index (κ2) is 31.0. The molecule has 0 N–H and O–H groups in total. The molecule has 0 aliphatic carbocycles. The third-order valence-corrected chi connectivity index (χ3v) is 24.7. The van der Waals surface area contributed by atoms with Gasteiger partial charge in [-0.05, 0) is 200 Å². The van der Waals surface area contributed by atoms with E-state index in [-0.39, 0.29) is 0 Å². The molecule has 124 heavy (non-hydrogen) atoms. The highest BCUT2D eigenvalue weighted by molar-refractivity contribution is 6.15. The van der Waals surface area contributed by atoms with Gasteiger partial charge in [-0.3, -0.25) is 0 Å². The van der Waals surface area contributed by atoms with Crippen molar-refractivity contribution >= 4 is 87.2 Å². The Morgan fingerprint density at radius 3 is 0.653 bits per heavy atom. The number of rotatable bonds is 14. The van der Waals surface area contributed by atoms with Crippen molar-refractivity contribution in [1.29, 1.82) is 0 Å². The number of hydrogen-bond donors (Lipinski definition) is 0. The van der Waals surface area contributed by atoms with Crippen LogP contribution in [-0.4, -0.2) is 28.2 Å². The van der Waals surface area contributed by atoms with E-state index < -0.39 is 0 Å². The van der Waals surface area contributed by atoms with E-state index in [1.807, 2.05) is 18.2 Å². The van der Waals surface area contributed by atoms with Gasteiger partial charge in [0.2, 0.25) is 0 Å². The molecular weight excluding hydrogens is 1500 g/mol. The SMILES string of the molecule is c1ccc(-c2cc(-c3ccc(-c4ccc(-n5c6ccccc6c6ccc(-c7ccc8c(c7)c7ccccc7n8-c7ccccc7)cc65)cc4)cc3)cc(-c3ccccc3)n2)cc1.c1ccc(-c2cc(-c3ccccc3)nc(-c3ccc(-c4ccc(-n5c6ccccc6c6ccc(-c7ccc8c(c7)c7ccccc7n8-c7ccccc7)cc65)cc4)cc3)c2)cc1. The Balaban J connectivity index is 0.000000143.